The average molecular weight is 238 g/mol. The highest BCUT2D eigenvalue weighted by Crippen LogP contribution is 2.02. The Balaban J connectivity index is 3.75. The molecule has 0 aliphatic carbocycles. The summed E-state index contributed by atoms with van der Waals surface area (Å²) in [5, 5.41) is 0. The van der Waals surface area contributed by atoms with Crippen LogP contribution in [0, 0.1) is 0 Å². The van der Waals surface area contributed by atoms with Gasteiger partial charge in [-0.15, -0.1) is 0 Å². The molecular formula is C10H24NO3S+. The molecule has 0 atom stereocenters. The number of likely N-dealkylation sites (N-methyl/N-ethyl adjacent to an activating group) is 1. The van der Waals surface area contributed by atoms with Gasteiger partial charge in [-0.3, -0.25) is 4.18 Å². The van der Waals surface area contributed by atoms with Gasteiger partial charge in [0.25, 0.3) is 10.1 Å². The maximum absolute atomic E-state index is 11.4. The van der Waals surface area contributed by atoms with E-state index in [0.717, 1.165) is 12.8 Å². The molecule has 0 aromatic rings. The van der Waals surface area contributed by atoms with Gasteiger partial charge in [0, 0.05) is 0 Å². The Hall–Kier alpha value is -0.130. The van der Waals surface area contributed by atoms with Gasteiger partial charge in [0.1, 0.15) is 13.2 Å². The summed E-state index contributed by atoms with van der Waals surface area (Å²) in [5.41, 5.74) is 0. The zero-order valence-corrected chi connectivity index (χ0v) is 11.1. The summed E-state index contributed by atoms with van der Waals surface area (Å²) < 4.78 is 28.3. The molecular weight excluding hydrogens is 214 g/mol. The van der Waals surface area contributed by atoms with Gasteiger partial charge in [0.05, 0.1) is 26.9 Å². The van der Waals surface area contributed by atoms with Crippen molar-refractivity contribution in [1.29, 1.82) is 0 Å². The van der Waals surface area contributed by atoms with Gasteiger partial charge in [-0.05, 0) is 6.42 Å². The zero-order chi connectivity index (χ0) is 11.9. The third-order valence-corrected chi connectivity index (χ3v) is 3.34. The van der Waals surface area contributed by atoms with Gasteiger partial charge in [0.2, 0.25) is 0 Å². The van der Waals surface area contributed by atoms with Crippen LogP contribution in [-0.4, -0.2) is 52.9 Å². The highest BCUT2D eigenvalue weighted by molar-refractivity contribution is 7.86. The molecule has 0 N–H and O–H groups in total. The molecule has 15 heavy (non-hydrogen) atoms. The van der Waals surface area contributed by atoms with Crippen molar-refractivity contribution in [2.75, 3.05) is 40.0 Å². The second kappa shape index (κ2) is 6.45. The van der Waals surface area contributed by atoms with Crippen molar-refractivity contribution in [3.8, 4) is 0 Å². The number of unbranched alkanes of at least 4 members (excludes halogenated alkanes) is 2. The Morgan fingerprint density at radius 2 is 1.73 bits per heavy atom. The van der Waals surface area contributed by atoms with Crippen LogP contribution in [0.25, 0.3) is 0 Å². The zero-order valence-electron chi connectivity index (χ0n) is 10.3. The second-order valence-electron chi connectivity index (χ2n) is 4.80. The van der Waals surface area contributed by atoms with Crippen LogP contribution in [0.15, 0.2) is 0 Å². The number of hydrogen-bond acceptors (Lipinski definition) is 3. The Kier molecular flexibility index (Phi) is 6.40. The first-order chi connectivity index (χ1) is 6.77. The van der Waals surface area contributed by atoms with Crippen LogP contribution in [0.5, 0.6) is 0 Å². The van der Waals surface area contributed by atoms with Crippen LogP contribution < -0.4 is 0 Å². The lowest BCUT2D eigenvalue weighted by Crippen LogP contribution is -2.38. The van der Waals surface area contributed by atoms with Crippen molar-refractivity contribution in [2.45, 2.75) is 26.2 Å². The van der Waals surface area contributed by atoms with E-state index in [1.165, 1.54) is 0 Å². The van der Waals surface area contributed by atoms with Crippen molar-refractivity contribution in [1.82, 2.24) is 0 Å². The summed E-state index contributed by atoms with van der Waals surface area (Å²) in [6.45, 7) is 3.02. The molecule has 0 bridgehead atoms. The van der Waals surface area contributed by atoms with E-state index in [4.69, 9.17) is 4.18 Å². The normalized spacial score (nSPS) is 13.1. The summed E-state index contributed by atoms with van der Waals surface area (Å²) in [7, 11) is 2.73. The predicted octanol–water partition coefficient (Wildman–Crippen LogP) is 1.23. The van der Waals surface area contributed by atoms with E-state index in [1.54, 1.807) is 0 Å². The number of rotatable bonds is 8. The molecule has 0 fully saturated rings. The first-order valence-corrected chi connectivity index (χ1v) is 7.02. The second-order valence-corrected chi connectivity index (χ2v) is 6.56. The topological polar surface area (TPSA) is 43.4 Å². The van der Waals surface area contributed by atoms with Gasteiger partial charge in [-0.2, -0.15) is 8.42 Å². The summed E-state index contributed by atoms with van der Waals surface area (Å²) in [4.78, 5) is 0. The third kappa shape index (κ3) is 10.2. The molecule has 5 heteroatoms. The van der Waals surface area contributed by atoms with Crippen LogP contribution >= 0.6 is 0 Å². The van der Waals surface area contributed by atoms with E-state index in [2.05, 4.69) is 0 Å². The lowest BCUT2D eigenvalue weighted by molar-refractivity contribution is -0.870. The Morgan fingerprint density at radius 1 is 1.13 bits per heavy atom. The fraction of sp³-hybridized carbons (Fsp3) is 1.00. The van der Waals surface area contributed by atoms with E-state index >= 15 is 0 Å². The minimum absolute atomic E-state index is 0.151. The van der Waals surface area contributed by atoms with Crippen LogP contribution in [0.1, 0.15) is 26.2 Å². The smallest absolute Gasteiger partial charge is 0.267 e. The van der Waals surface area contributed by atoms with Crippen LogP contribution in [0.4, 0.5) is 0 Å². The molecule has 0 aliphatic rings. The summed E-state index contributed by atoms with van der Waals surface area (Å²) >= 11 is 0. The summed E-state index contributed by atoms with van der Waals surface area (Å²) in [6, 6.07) is 0. The number of hydrogen-bond donors (Lipinski definition) is 0. The molecule has 92 valence electrons. The molecule has 0 saturated heterocycles. The van der Waals surface area contributed by atoms with Crippen molar-refractivity contribution >= 4 is 10.1 Å². The van der Waals surface area contributed by atoms with Crippen LogP contribution in [0.2, 0.25) is 0 Å². The van der Waals surface area contributed by atoms with E-state index in [-0.39, 0.29) is 12.4 Å². The van der Waals surface area contributed by atoms with E-state index < -0.39 is 10.1 Å². The van der Waals surface area contributed by atoms with Crippen LogP contribution in [-0.2, 0) is 14.3 Å². The molecule has 0 radical (unpaired) electrons. The molecule has 0 rings (SSSR count). The van der Waals surface area contributed by atoms with Crippen molar-refractivity contribution < 1.29 is 17.1 Å². The SMILES string of the molecule is CCCCCS(=O)(=O)OCC[N+](C)(C)C. The fourth-order valence-electron chi connectivity index (χ4n) is 1.03. The molecule has 0 spiro atoms. The largest absolute Gasteiger partial charge is 0.329 e. The summed E-state index contributed by atoms with van der Waals surface area (Å²) in [5.74, 6) is 0.151. The van der Waals surface area contributed by atoms with Crippen molar-refractivity contribution in [2.24, 2.45) is 0 Å². The third-order valence-electron chi connectivity index (χ3n) is 2.02. The standard InChI is InChI=1S/C10H24NO3S/c1-5-6-7-10-15(12,13)14-9-8-11(2,3)4/h5-10H2,1-4H3/q+1. The van der Waals surface area contributed by atoms with Gasteiger partial charge < -0.3 is 4.48 Å². The molecule has 4 nitrogen and oxygen atoms in total. The Bertz CT molecular complexity index is 254. The summed E-state index contributed by atoms with van der Waals surface area (Å²) in [6.07, 6.45) is 2.66. The van der Waals surface area contributed by atoms with Gasteiger partial charge in [0.15, 0.2) is 0 Å². The highest BCUT2D eigenvalue weighted by atomic mass is 32.2. The first-order valence-electron chi connectivity index (χ1n) is 5.44. The average Bonchev–Trinajstić information content (AvgIpc) is 2.01. The van der Waals surface area contributed by atoms with Gasteiger partial charge in [-0.1, -0.05) is 19.8 Å². The van der Waals surface area contributed by atoms with Crippen molar-refractivity contribution in [3.63, 3.8) is 0 Å². The lowest BCUT2D eigenvalue weighted by Gasteiger charge is -2.23. The predicted molar refractivity (Wildman–Crippen MR) is 62.2 cm³/mol. The minimum Gasteiger partial charge on any atom is -0.329 e. The molecule has 0 aliphatic heterocycles. The molecule has 0 amide bonds. The van der Waals surface area contributed by atoms with Crippen molar-refractivity contribution in [3.05, 3.63) is 0 Å². The molecule has 0 heterocycles. The number of quaternary nitrogens is 1. The molecule has 0 unspecified atom stereocenters. The lowest BCUT2D eigenvalue weighted by atomic mass is 10.3. The molecule has 0 saturated carbocycles. The quantitative estimate of drug-likeness (QED) is 0.363. The maximum Gasteiger partial charge on any atom is 0.267 e. The highest BCUT2D eigenvalue weighted by Gasteiger charge is 2.13. The van der Waals surface area contributed by atoms with E-state index in [1.807, 2.05) is 28.1 Å². The minimum atomic E-state index is -3.29. The van der Waals surface area contributed by atoms with E-state index in [9.17, 15) is 8.42 Å². The monoisotopic (exact) mass is 238 g/mol. The molecule has 0 aromatic heterocycles. The van der Waals surface area contributed by atoms with Gasteiger partial charge in [-0.25, -0.2) is 0 Å². The van der Waals surface area contributed by atoms with Crippen LogP contribution in [0.3, 0.4) is 0 Å². The first kappa shape index (κ1) is 14.9. The van der Waals surface area contributed by atoms with Gasteiger partial charge >= 0.3 is 0 Å². The Morgan fingerprint density at radius 3 is 2.20 bits per heavy atom. The fourth-order valence-corrected chi connectivity index (χ4v) is 2.03. The Labute approximate surface area is 93.9 Å². The number of nitrogens with zero attached hydrogens (tertiary/aromatic N) is 1. The maximum atomic E-state index is 11.4. The molecule has 0 aromatic carbocycles. The van der Waals surface area contributed by atoms with E-state index in [0.29, 0.717) is 17.4 Å².